The molecule has 0 aliphatic heterocycles. The second kappa shape index (κ2) is 9.65. The number of benzene rings is 2. The predicted molar refractivity (Wildman–Crippen MR) is 120 cm³/mol. The van der Waals surface area contributed by atoms with Crippen LogP contribution in [0.25, 0.3) is 6.08 Å². The van der Waals surface area contributed by atoms with Crippen LogP contribution in [0.15, 0.2) is 70.3 Å². The van der Waals surface area contributed by atoms with E-state index in [4.69, 9.17) is 11.6 Å². The molecule has 1 amide bonds. The second-order valence-electron chi connectivity index (χ2n) is 6.48. The van der Waals surface area contributed by atoms with E-state index in [-0.39, 0.29) is 23.1 Å². The lowest BCUT2D eigenvalue weighted by atomic mass is 10.2. The maximum atomic E-state index is 12.5. The third-order valence-corrected chi connectivity index (χ3v) is 4.66. The summed E-state index contributed by atoms with van der Waals surface area (Å²) in [7, 11) is 1.29. The molecule has 7 nitrogen and oxygen atoms in total. The van der Waals surface area contributed by atoms with E-state index in [9.17, 15) is 19.5 Å². The van der Waals surface area contributed by atoms with Crippen molar-refractivity contribution in [3.63, 3.8) is 0 Å². The van der Waals surface area contributed by atoms with E-state index in [0.29, 0.717) is 5.56 Å². The summed E-state index contributed by atoms with van der Waals surface area (Å²) in [6.45, 7) is -0.121. The molecule has 0 spiro atoms. The molecule has 3 aromatic rings. The number of phenolic OH excluding ortho intramolecular Hbond substituents is 1. The van der Waals surface area contributed by atoms with Gasteiger partial charge in [-0.25, -0.2) is 4.79 Å². The van der Waals surface area contributed by atoms with Crippen molar-refractivity contribution < 1.29 is 9.90 Å². The number of anilines is 1. The molecule has 156 valence electrons. The minimum Gasteiger partial charge on any atom is -0.508 e. The molecule has 0 atom stereocenters. The molecule has 2 aromatic carbocycles. The number of carbonyl (C=O) groups excluding carboxylic acids is 1. The number of nitrogens with zero attached hydrogens (tertiary/aromatic N) is 2. The molecule has 0 unspecified atom stereocenters. The topological polar surface area (TPSA) is 93.3 Å². The van der Waals surface area contributed by atoms with Crippen LogP contribution in [0, 0.1) is 11.8 Å². The number of hydrogen-bond donors (Lipinski definition) is 2. The normalized spacial score (nSPS) is 10.5. The highest BCUT2D eigenvalue weighted by molar-refractivity contribution is 6.32. The third-order valence-electron chi connectivity index (χ3n) is 4.27. The van der Waals surface area contributed by atoms with Gasteiger partial charge in [-0.1, -0.05) is 59.8 Å². The zero-order valence-electron chi connectivity index (χ0n) is 16.5. The lowest BCUT2D eigenvalue weighted by Crippen LogP contribution is -2.40. The molecular weight excluding hydrogens is 418 g/mol. The summed E-state index contributed by atoms with van der Waals surface area (Å²) in [5.41, 5.74) is -0.255. The van der Waals surface area contributed by atoms with Crippen LogP contribution >= 0.6 is 11.6 Å². The highest BCUT2D eigenvalue weighted by Gasteiger charge is 2.17. The molecule has 31 heavy (non-hydrogen) atoms. The molecule has 0 bridgehead atoms. The standard InChI is InChI=1S/C23H18ClN3O4/c1-26-22(30)20(25-19(29)13-12-16-7-3-2-4-8-16)21(24)27(23(26)31)14-6-10-17-9-5-11-18(28)15-17/h2-5,7-9,11-13,15,28H,14H2,1H3,(H,25,29)/b13-12+. The summed E-state index contributed by atoms with van der Waals surface area (Å²) < 4.78 is 1.92. The molecule has 0 saturated carbocycles. The van der Waals surface area contributed by atoms with Crippen LogP contribution in [0.1, 0.15) is 11.1 Å². The Morgan fingerprint density at radius 3 is 2.61 bits per heavy atom. The van der Waals surface area contributed by atoms with Crippen LogP contribution in [0.5, 0.6) is 5.75 Å². The van der Waals surface area contributed by atoms with Gasteiger partial charge < -0.3 is 10.4 Å². The Bertz CT molecular complexity index is 1330. The number of hydrogen-bond acceptors (Lipinski definition) is 4. The molecule has 0 aliphatic rings. The fourth-order valence-electron chi connectivity index (χ4n) is 2.69. The van der Waals surface area contributed by atoms with E-state index in [0.717, 1.165) is 14.7 Å². The van der Waals surface area contributed by atoms with Gasteiger partial charge >= 0.3 is 5.69 Å². The van der Waals surface area contributed by atoms with Crippen LogP contribution in [0.3, 0.4) is 0 Å². The van der Waals surface area contributed by atoms with Gasteiger partial charge in [-0.2, -0.15) is 0 Å². The Labute approximate surface area is 182 Å². The van der Waals surface area contributed by atoms with Crippen molar-refractivity contribution in [2.75, 3.05) is 5.32 Å². The van der Waals surface area contributed by atoms with Crippen molar-refractivity contribution in [1.29, 1.82) is 0 Å². The van der Waals surface area contributed by atoms with Crippen molar-refractivity contribution in [3.8, 4) is 17.6 Å². The van der Waals surface area contributed by atoms with Crippen molar-refractivity contribution in [3.05, 3.63) is 97.8 Å². The van der Waals surface area contributed by atoms with E-state index in [1.165, 1.54) is 25.3 Å². The second-order valence-corrected chi connectivity index (χ2v) is 6.84. The zero-order valence-corrected chi connectivity index (χ0v) is 17.3. The monoisotopic (exact) mass is 435 g/mol. The summed E-state index contributed by atoms with van der Waals surface area (Å²) in [5.74, 6) is 5.08. The van der Waals surface area contributed by atoms with Crippen molar-refractivity contribution in [2.24, 2.45) is 7.05 Å². The first kappa shape index (κ1) is 21.7. The van der Waals surface area contributed by atoms with Gasteiger partial charge in [0.05, 0.1) is 6.54 Å². The smallest absolute Gasteiger partial charge is 0.332 e. The molecule has 3 rings (SSSR count). The van der Waals surface area contributed by atoms with Gasteiger partial charge in [0.25, 0.3) is 5.56 Å². The largest absolute Gasteiger partial charge is 0.508 e. The summed E-state index contributed by atoms with van der Waals surface area (Å²) in [6.07, 6.45) is 2.85. The molecule has 2 N–H and O–H groups in total. The Hall–Kier alpha value is -4.02. The van der Waals surface area contributed by atoms with Crippen LogP contribution in [-0.2, 0) is 18.4 Å². The van der Waals surface area contributed by atoms with E-state index in [1.807, 2.05) is 30.3 Å². The third kappa shape index (κ3) is 5.32. The average Bonchev–Trinajstić information content (AvgIpc) is 2.77. The summed E-state index contributed by atoms with van der Waals surface area (Å²) >= 11 is 6.26. The zero-order chi connectivity index (χ0) is 22.4. The van der Waals surface area contributed by atoms with Crippen LogP contribution < -0.4 is 16.6 Å². The van der Waals surface area contributed by atoms with E-state index in [1.54, 1.807) is 18.2 Å². The number of aromatic hydroxyl groups is 1. The molecule has 0 fully saturated rings. The number of nitrogens with one attached hydrogen (secondary N) is 1. The van der Waals surface area contributed by atoms with Crippen LogP contribution in [-0.4, -0.2) is 20.1 Å². The lowest BCUT2D eigenvalue weighted by molar-refractivity contribution is -0.111. The van der Waals surface area contributed by atoms with Gasteiger partial charge in [-0.15, -0.1) is 0 Å². The molecule has 8 heteroatoms. The Balaban J connectivity index is 1.87. The molecule has 1 heterocycles. The number of carbonyl (C=O) groups is 1. The fourth-order valence-corrected chi connectivity index (χ4v) is 2.95. The molecule has 0 radical (unpaired) electrons. The summed E-state index contributed by atoms with van der Waals surface area (Å²) in [6, 6.07) is 15.5. The first-order valence-electron chi connectivity index (χ1n) is 9.18. The molecule has 1 aromatic heterocycles. The Morgan fingerprint density at radius 1 is 1.16 bits per heavy atom. The first-order chi connectivity index (χ1) is 14.9. The van der Waals surface area contributed by atoms with Gasteiger partial charge in [0.15, 0.2) is 0 Å². The number of phenols is 1. The highest BCUT2D eigenvalue weighted by Crippen LogP contribution is 2.16. The van der Waals surface area contributed by atoms with E-state index < -0.39 is 17.2 Å². The molecule has 0 aliphatic carbocycles. The van der Waals surface area contributed by atoms with Gasteiger partial charge in [-0.3, -0.25) is 18.7 Å². The van der Waals surface area contributed by atoms with Crippen molar-refractivity contribution >= 4 is 29.3 Å². The van der Waals surface area contributed by atoms with Crippen molar-refractivity contribution in [1.82, 2.24) is 9.13 Å². The number of amides is 1. The lowest BCUT2D eigenvalue weighted by Gasteiger charge is -2.12. The predicted octanol–water partition coefficient (Wildman–Crippen LogP) is 2.61. The van der Waals surface area contributed by atoms with Gasteiger partial charge in [0.2, 0.25) is 5.91 Å². The fraction of sp³-hybridized carbons (Fsp3) is 0.0870. The average molecular weight is 436 g/mol. The van der Waals surface area contributed by atoms with Crippen LogP contribution in [0.4, 0.5) is 5.69 Å². The molecule has 0 saturated heterocycles. The van der Waals surface area contributed by atoms with Gasteiger partial charge in [0.1, 0.15) is 16.6 Å². The van der Waals surface area contributed by atoms with Gasteiger partial charge in [0, 0.05) is 18.7 Å². The van der Waals surface area contributed by atoms with Gasteiger partial charge in [-0.05, 0) is 29.8 Å². The minimum atomic E-state index is -0.728. The maximum Gasteiger partial charge on any atom is 0.332 e. The summed E-state index contributed by atoms with van der Waals surface area (Å²) in [5, 5.41) is 11.7. The Kier molecular flexibility index (Phi) is 6.75. The minimum absolute atomic E-state index is 0.0673. The molecular formula is C23H18ClN3O4. The highest BCUT2D eigenvalue weighted by atomic mass is 35.5. The number of halogens is 1. The van der Waals surface area contributed by atoms with E-state index in [2.05, 4.69) is 17.2 Å². The maximum absolute atomic E-state index is 12.5. The Morgan fingerprint density at radius 2 is 1.90 bits per heavy atom. The summed E-state index contributed by atoms with van der Waals surface area (Å²) in [4.78, 5) is 37.2. The van der Waals surface area contributed by atoms with Crippen LogP contribution in [0.2, 0.25) is 5.15 Å². The van der Waals surface area contributed by atoms with E-state index >= 15 is 0 Å². The number of aromatic nitrogens is 2. The number of rotatable bonds is 4. The SMILES string of the molecule is Cn1c(=O)c(NC(=O)/C=C/c2ccccc2)c(Cl)n(CC#Cc2cccc(O)c2)c1=O. The quantitative estimate of drug-likeness (QED) is 0.374. The van der Waals surface area contributed by atoms with Crippen molar-refractivity contribution in [2.45, 2.75) is 6.54 Å². The first-order valence-corrected chi connectivity index (χ1v) is 9.56.